The Kier molecular flexibility index (Phi) is 2.03. The molecule has 0 aliphatic heterocycles. The van der Waals surface area contributed by atoms with E-state index in [1.54, 1.807) is 0 Å². The van der Waals surface area contributed by atoms with Crippen molar-refractivity contribution in [1.82, 2.24) is 0 Å². The molecule has 0 amide bonds. The first-order chi connectivity index (χ1) is 6.95. The van der Waals surface area contributed by atoms with Crippen molar-refractivity contribution in [1.29, 1.82) is 0 Å². The molecule has 1 aromatic heterocycles. The van der Waals surface area contributed by atoms with Gasteiger partial charge in [-0.2, -0.15) is 0 Å². The van der Waals surface area contributed by atoms with Crippen LogP contribution in [-0.4, -0.2) is 5.11 Å². The van der Waals surface area contributed by atoms with Crippen molar-refractivity contribution in [2.45, 2.75) is 34.6 Å². The Morgan fingerprint density at radius 1 is 0.733 bits per heavy atom. The van der Waals surface area contributed by atoms with Crippen molar-refractivity contribution >= 4 is 11.0 Å². The molecule has 0 saturated carbocycles. The van der Waals surface area contributed by atoms with Crippen LogP contribution in [0.2, 0.25) is 0 Å². The number of hydrogen-bond acceptors (Lipinski definition) is 2. The number of hydrogen-bond donors (Lipinski definition) is 1. The summed E-state index contributed by atoms with van der Waals surface area (Å²) in [6, 6.07) is 0. The summed E-state index contributed by atoms with van der Waals surface area (Å²) in [5.41, 5.74) is 6.52. The van der Waals surface area contributed by atoms with Crippen molar-refractivity contribution in [3.8, 4) is 5.95 Å². The molecule has 1 N–H and O–H groups in total. The molecular weight excluding hydrogens is 188 g/mol. The normalized spacial score (nSPS) is 11.3. The number of furan rings is 1. The minimum Gasteiger partial charge on any atom is -0.480 e. The van der Waals surface area contributed by atoms with E-state index in [-0.39, 0.29) is 5.95 Å². The van der Waals surface area contributed by atoms with Crippen LogP contribution in [0.25, 0.3) is 11.0 Å². The third-order valence-electron chi connectivity index (χ3n) is 3.52. The zero-order valence-electron chi connectivity index (χ0n) is 9.86. The molecule has 0 aliphatic rings. The Hall–Kier alpha value is -1.44. The molecule has 0 radical (unpaired) electrons. The summed E-state index contributed by atoms with van der Waals surface area (Å²) in [6.45, 7) is 10.2. The average Bonchev–Trinajstić information content (AvgIpc) is 2.50. The van der Waals surface area contributed by atoms with E-state index in [4.69, 9.17) is 4.42 Å². The molecule has 80 valence electrons. The van der Waals surface area contributed by atoms with Gasteiger partial charge in [0.25, 0.3) is 5.95 Å². The van der Waals surface area contributed by atoms with Gasteiger partial charge >= 0.3 is 0 Å². The molecule has 1 heterocycles. The number of aryl methyl sites for hydroxylation is 3. The maximum Gasteiger partial charge on any atom is 0.286 e. The monoisotopic (exact) mass is 204 g/mol. The summed E-state index contributed by atoms with van der Waals surface area (Å²) in [4.78, 5) is 0. The number of rotatable bonds is 0. The topological polar surface area (TPSA) is 33.4 Å². The molecular formula is C13H16O2. The Labute approximate surface area is 89.5 Å². The SMILES string of the molecule is Cc1c(C)c(C)c2c(C)c(O)oc2c1C. The third kappa shape index (κ3) is 1.17. The summed E-state index contributed by atoms with van der Waals surface area (Å²) in [5.74, 6) is 0.0428. The molecule has 0 bridgehead atoms. The predicted octanol–water partition coefficient (Wildman–Crippen LogP) is 3.68. The van der Waals surface area contributed by atoms with Crippen LogP contribution in [0.15, 0.2) is 4.42 Å². The molecule has 0 atom stereocenters. The van der Waals surface area contributed by atoms with E-state index in [9.17, 15) is 5.11 Å². The highest BCUT2D eigenvalue weighted by Gasteiger charge is 2.17. The lowest BCUT2D eigenvalue weighted by Crippen LogP contribution is -1.92. The van der Waals surface area contributed by atoms with Gasteiger partial charge in [0.05, 0.1) is 0 Å². The van der Waals surface area contributed by atoms with E-state index in [0.29, 0.717) is 0 Å². The second kappa shape index (κ2) is 3.02. The van der Waals surface area contributed by atoms with Gasteiger partial charge in [0.2, 0.25) is 0 Å². The molecule has 0 unspecified atom stereocenters. The van der Waals surface area contributed by atoms with E-state index >= 15 is 0 Å². The van der Waals surface area contributed by atoms with E-state index in [0.717, 1.165) is 22.1 Å². The molecule has 0 aliphatic carbocycles. The van der Waals surface area contributed by atoms with Crippen LogP contribution in [-0.2, 0) is 0 Å². The van der Waals surface area contributed by atoms with E-state index < -0.39 is 0 Å². The zero-order chi connectivity index (χ0) is 11.3. The van der Waals surface area contributed by atoms with E-state index in [2.05, 4.69) is 20.8 Å². The molecule has 2 heteroatoms. The molecule has 2 aromatic rings. The van der Waals surface area contributed by atoms with E-state index in [1.807, 2.05) is 13.8 Å². The van der Waals surface area contributed by atoms with Crippen LogP contribution < -0.4 is 0 Å². The molecule has 2 rings (SSSR count). The van der Waals surface area contributed by atoms with Crippen LogP contribution in [0, 0.1) is 34.6 Å². The Morgan fingerprint density at radius 2 is 1.27 bits per heavy atom. The minimum atomic E-state index is 0.0428. The number of aromatic hydroxyl groups is 1. The van der Waals surface area contributed by atoms with Gasteiger partial charge in [0, 0.05) is 10.9 Å². The van der Waals surface area contributed by atoms with Crippen LogP contribution in [0.3, 0.4) is 0 Å². The van der Waals surface area contributed by atoms with Crippen molar-refractivity contribution in [3.63, 3.8) is 0 Å². The van der Waals surface area contributed by atoms with Gasteiger partial charge in [0.1, 0.15) is 5.58 Å². The van der Waals surface area contributed by atoms with Crippen LogP contribution >= 0.6 is 0 Å². The maximum atomic E-state index is 9.61. The number of fused-ring (bicyclic) bond motifs is 1. The van der Waals surface area contributed by atoms with Gasteiger partial charge in [0.15, 0.2) is 0 Å². The van der Waals surface area contributed by atoms with Crippen molar-refractivity contribution in [2.75, 3.05) is 0 Å². The van der Waals surface area contributed by atoms with Crippen molar-refractivity contribution < 1.29 is 9.52 Å². The smallest absolute Gasteiger partial charge is 0.286 e. The van der Waals surface area contributed by atoms with Crippen molar-refractivity contribution in [2.24, 2.45) is 0 Å². The second-order valence-electron chi connectivity index (χ2n) is 4.24. The lowest BCUT2D eigenvalue weighted by Gasteiger charge is -2.09. The summed E-state index contributed by atoms with van der Waals surface area (Å²) >= 11 is 0. The minimum absolute atomic E-state index is 0.0428. The second-order valence-corrected chi connectivity index (χ2v) is 4.24. The fourth-order valence-electron chi connectivity index (χ4n) is 2.14. The number of benzene rings is 1. The van der Waals surface area contributed by atoms with Crippen LogP contribution in [0.4, 0.5) is 0 Å². The van der Waals surface area contributed by atoms with Crippen LogP contribution in [0.5, 0.6) is 5.95 Å². The highest BCUT2D eigenvalue weighted by Crippen LogP contribution is 2.37. The molecule has 0 saturated heterocycles. The largest absolute Gasteiger partial charge is 0.480 e. The fraction of sp³-hybridized carbons (Fsp3) is 0.385. The lowest BCUT2D eigenvalue weighted by atomic mass is 9.94. The van der Waals surface area contributed by atoms with E-state index in [1.165, 1.54) is 16.7 Å². The van der Waals surface area contributed by atoms with Gasteiger partial charge in [-0.05, 0) is 56.9 Å². The molecule has 15 heavy (non-hydrogen) atoms. The first-order valence-corrected chi connectivity index (χ1v) is 5.13. The summed E-state index contributed by atoms with van der Waals surface area (Å²) in [7, 11) is 0. The third-order valence-corrected chi connectivity index (χ3v) is 3.52. The van der Waals surface area contributed by atoms with Gasteiger partial charge < -0.3 is 9.52 Å². The summed E-state index contributed by atoms with van der Waals surface area (Å²) in [6.07, 6.45) is 0. The van der Waals surface area contributed by atoms with Crippen LogP contribution in [0.1, 0.15) is 27.8 Å². The molecule has 0 spiro atoms. The highest BCUT2D eigenvalue weighted by molar-refractivity contribution is 5.90. The van der Waals surface area contributed by atoms with Crippen molar-refractivity contribution in [3.05, 3.63) is 27.8 Å². The molecule has 1 aromatic carbocycles. The Morgan fingerprint density at radius 3 is 1.87 bits per heavy atom. The highest BCUT2D eigenvalue weighted by atomic mass is 16.5. The Balaban J connectivity index is 3.07. The quantitative estimate of drug-likeness (QED) is 0.710. The first-order valence-electron chi connectivity index (χ1n) is 5.13. The Bertz CT molecular complexity index is 548. The van der Waals surface area contributed by atoms with Gasteiger partial charge in [-0.1, -0.05) is 0 Å². The van der Waals surface area contributed by atoms with Gasteiger partial charge in [-0.15, -0.1) is 0 Å². The summed E-state index contributed by atoms with van der Waals surface area (Å²) in [5, 5.41) is 10.7. The maximum absolute atomic E-state index is 9.61. The lowest BCUT2D eigenvalue weighted by molar-refractivity contribution is 0.342. The first kappa shape index (κ1) is 10.1. The zero-order valence-corrected chi connectivity index (χ0v) is 9.86. The van der Waals surface area contributed by atoms with Gasteiger partial charge in [-0.3, -0.25) is 0 Å². The molecule has 2 nitrogen and oxygen atoms in total. The standard InChI is InChI=1S/C13H16O2/c1-6-7(2)9(4)12-11(8(6)3)10(5)13(14)15-12/h14H,1-5H3. The van der Waals surface area contributed by atoms with Gasteiger partial charge in [-0.25, -0.2) is 0 Å². The summed E-state index contributed by atoms with van der Waals surface area (Å²) < 4.78 is 5.40. The average molecular weight is 204 g/mol. The fourth-order valence-corrected chi connectivity index (χ4v) is 2.14. The predicted molar refractivity (Wildman–Crippen MR) is 61.6 cm³/mol. The molecule has 0 fully saturated rings.